The van der Waals surface area contributed by atoms with Crippen LogP contribution in [0.1, 0.15) is 38.4 Å². The predicted octanol–water partition coefficient (Wildman–Crippen LogP) is 11.0. The molecule has 0 aliphatic heterocycles. The van der Waals surface area contributed by atoms with E-state index >= 15 is 0 Å². The average molecular weight is 572 g/mol. The molecule has 1 heterocycles. The molecule has 42 heavy (non-hydrogen) atoms. The van der Waals surface area contributed by atoms with Gasteiger partial charge in [-0.2, -0.15) is 10.0 Å². The Balaban J connectivity index is 1.64. The van der Waals surface area contributed by atoms with Gasteiger partial charge in [0.1, 0.15) is 5.83 Å². The lowest BCUT2D eigenvalue weighted by atomic mass is 9.95. The van der Waals surface area contributed by atoms with Gasteiger partial charge < -0.3 is 4.57 Å². The summed E-state index contributed by atoms with van der Waals surface area (Å²) in [6.45, 7) is 6.82. The van der Waals surface area contributed by atoms with E-state index in [4.69, 9.17) is 0 Å². The Labute approximate surface area is 250 Å². The van der Waals surface area contributed by atoms with Crippen molar-refractivity contribution in [2.75, 3.05) is 0 Å². The number of hydrogen-bond acceptors (Lipinski definition) is 0. The van der Waals surface area contributed by atoms with Crippen molar-refractivity contribution in [3.63, 3.8) is 0 Å². The summed E-state index contributed by atoms with van der Waals surface area (Å²) >= 11 is 0. The minimum atomic E-state index is -1.88. The SMILES string of the molecule is CC1C=C(S(c2ccccc2)(c2cccc3c2c2c(n3-c3ccccc3)CC(C)C=C2)C2C=CC(F)=CC2C)C=CC1. The third-order valence-electron chi connectivity index (χ3n) is 9.08. The molecule has 0 fully saturated rings. The Morgan fingerprint density at radius 3 is 2.26 bits per heavy atom. The fourth-order valence-corrected chi connectivity index (χ4v) is 12.2. The summed E-state index contributed by atoms with van der Waals surface area (Å²) in [7, 11) is -1.88. The van der Waals surface area contributed by atoms with Gasteiger partial charge in [0, 0.05) is 32.5 Å². The van der Waals surface area contributed by atoms with Crippen LogP contribution in [0.5, 0.6) is 0 Å². The second-order valence-corrected chi connectivity index (χ2v) is 15.4. The summed E-state index contributed by atoms with van der Waals surface area (Å²) in [5.41, 5.74) is 5.15. The Morgan fingerprint density at radius 2 is 1.52 bits per heavy atom. The molecule has 0 saturated heterocycles. The number of nitrogens with zero attached hydrogens (tertiary/aromatic N) is 1. The number of aromatic nitrogens is 1. The number of allylic oxidation sites excluding steroid dienone is 7. The first-order valence-electron chi connectivity index (χ1n) is 15.2. The number of benzene rings is 3. The van der Waals surface area contributed by atoms with E-state index in [0.29, 0.717) is 11.8 Å². The second kappa shape index (κ2) is 10.8. The molecule has 5 unspecified atom stereocenters. The second-order valence-electron chi connectivity index (χ2n) is 12.1. The molecule has 4 aromatic rings. The summed E-state index contributed by atoms with van der Waals surface area (Å²) in [6, 6.07) is 28.8. The fourth-order valence-electron chi connectivity index (χ4n) is 7.25. The van der Waals surface area contributed by atoms with Crippen LogP contribution in [0.15, 0.2) is 142 Å². The maximum atomic E-state index is 14.8. The minimum Gasteiger partial charge on any atom is -0.313 e. The van der Waals surface area contributed by atoms with Crippen molar-refractivity contribution in [1.82, 2.24) is 4.57 Å². The summed E-state index contributed by atoms with van der Waals surface area (Å²) < 4.78 is 17.2. The molecule has 5 atom stereocenters. The van der Waals surface area contributed by atoms with Crippen LogP contribution in [0.2, 0.25) is 0 Å². The van der Waals surface area contributed by atoms with E-state index < -0.39 is 10.0 Å². The fraction of sp³-hybridized carbons (Fsp3) is 0.231. The molecule has 1 nitrogen and oxygen atoms in total. The lowest BCUT2D eigenvalue weighted by Crippen LogP contribution is -2.27. The molecular weight excluding hydrogens is 534 g/mol. The topological polar surface area (TPSA) is 4.93 Å². The van der Waals surface area contributed by atoms with E-state index in [-0.39, 0.29) is 17.0 Å². The Kier molecular flexibility index (Phi) is 6.94. The lowest BCUT2D eigenvalue weighted by molar-refractivity contribution is 0.619. The highest BCUT2D eigenvalue weighted by atomic mass is 32.3. The van der Waals surface area contributed by atoms with Gasteiger partial charge in [0.25, 0.3) is 0 Å². The molecule has 0 spiro atoms. The Bertz CT molecular complexity index is 1790. The molecule has 0 radical (unpaired) electrons. The van der Waals surface area contributed by atoms with Gasteiger partial charge in [-0.3, -0.25) is 0 Å². The molecule has 1 aromatic heterocycles. The monoisotopic (exact) mass is 571 g/mol. The van der Waals surface area contributed by atoms with E-state index in [1.54, 1.807) is 6.08 Å². The Hall–Kier alpha value is -3.82. The number of halogens is 1. The van der Waals surface area contributed by atoms with Crippen LogP contribution in [0.25, 0.3) is 22.7 Å². The van der Waals surface area contributed by atoms with Crippen LogP contribution < -0.4 is 0 Å². The molecule has 3 aliphatic carbocycles. The van der Waals surface area contributed by atoms with Crippen molar-refractivity contribution in [2.45, 2.75) is 48.7 Å². The molecule has 0 saturated carbocycles. The minimum absolute atomic E-state index is 0.0367. The summed E-state index contributed by atoms with van der Waals surface area (Å²) in [5, 5.41) is 1.44. The highest BCUT2D eigenvalue weighted by Crippen LogP contribution is 2.75. The zero-order valence-corrected chi connectivity index (χ0v) is 25.4. The smallest absolute Gasteiger partial charge is 0.119 e. The van der Waals surface area contributed by atoms with Gasteiger partial charge in [0.15, 0.2) is 0 Å². The van der Waals surface area contributed by atoms with Crippen LogP contribution in [0.3, 0.4) is 0 Å². The van der Waals surface area contributed by atoms with Crippen LogP contribution >= 0.6 is 10.0 Å². The molecule has 3 aliphatic rings. The highest BCUT2D eigenvalue weighted by molar-refractivity contribution is 8.37. The number of rotatable bonds is 5. The van der Waals surface area contributed by atoms with Crippen molar-refractivity contribution in [1.29, 1.82) is 0 Å². The van der Waals surface area contributed by atoms with E-state index in [1.807, 2.05) is 6.08 Å². The normalized spacial score (nSPS) is 25.4. The Morgan fingerprint density at radius 1 is 0.762 bits per heavy atom. The van der Waals surface area contributed by atoms with Gasteiger partial charge in [0.05, 0.1) is 5.52 Å². The van der Waals surface area contributed by atoms with Gasteiger partial charge in [0.2, 0.25) is 0 Å². The van der Waals surface area contributed by atoms with Gasteiger partial charge in [-0.05, 0) is 88.9 Å². The van der Waals surface area contributed by atoms with Crippen molar-refractivity contribution in [3.8, 4) is 5.69 Å². The van der Waals surface area contributed by atoms with Gasteiger partial charge >= 0.3 is 0 Å². The molecule has 3 heteroatoms. The number of fused-ring (bicyclic) bond motifs is 3. The summed E-state index contributed by atoms with van der Waals surface area (Å²) in [6.07, 6.45) is 19.7. The van der Waals surface area contributed by atoms with E-state index in [1.165, 1.54) is 42.5 Å². The molecule has 0 bridgehead atoms. The quantitative estimate of drug-likeness (QED) is 0.224. The first kappa shape index (κ1) is 27.0. The summed E-state index contributed by atoms with van der Waals surface area (Å²) in [4.78, 5) is 4.08. The molecular formula is C39H38FNS. The summed E-state index contributed by atoms with van der Waals surface area (Å²) in [5.74, 6) is 0.815. The van der Waals surface area contributed by atoms with Crippen LogP contribution in [0.4, 0.5) is 4.39 Å². The highest BCUT2D eigenvalue weighted by Gasteiger charge is 2.44. The number of para-hydroxylation sites is 1. The molecule has 212 valence electrons. The molecule has 0 N–H and O–H groups in total. The third kappa shape index (κ3) is 4.29. The van der Waals surface area contributed by atoms with Crippen molar-refractivity contribution in [3.05, 3.63) is 143 Å². The maximum absolute atomic E-state index is 14.8. The van der Waals surface area contributed by atoms with Crippen molar-refractivity contribution >= 4 is 27.0 Å². The third-order valence-corrected chi connectivity index (χ3v) is 13.6. The molecule has 3 aromatic carbocycles. The van der Waals surface area contributed by atoms with E-state index in [9.17, 15) is 4.39 Å². The van der Waals surface area contributed by atoms with Crippen molar-refractivity contribution < 1.29 is 4.39 Å². The van der Waals surface area contributed by atoms with Gasteiger partial charge in [-0.25, -0.2) is 4.39 Å². The molecule has 0 amide bonds. The number of hydrogen-bond donors (Lipinski definition) is 0. The zero-order valence-electron chi connectivity index (χ0n) is 24.6. The first-order valence-corrected chi connectivity index (χ1v) is 16.9. The van der Waals surface area contributed by atoms with Gasteiger partial charge in [-0.15, -0.1) is 0 Å². The van der Waals surface area contributed by atoms with E-state index in [0.717, 1.165) is 12.8 Å². The van der Waals surface area contributed by atoms with E-state index in [2.05, 4.69) is 141 Å². The largest absolute Gasteiger partial charge is 0.313 e. The van der Waals surface area contributed by atoms with Crippen molar-refractivity contribution in [2.24, 2.45) is 17.8 Å². The predicted molar refractivity (Wildman–Crippen MR) is 178 cm³/mol. The maximum Gasteiger partial charge on any atom is 0.119 e. The standard InChI is InChI=1S/C39H38FNS/c1-27-12-10-17-33(24-27)42(32-15-8-5-9-16-32,37-23-21-30(40)26-29(37)3)38-19-11-18-35-39(38)34-22-20-28(2)25-36(34)41(35)31-13-6-4-7-14-31/h4-11,13-24,26-29,37H,12,25H2,1-3H3. The van der Waals surface area contributed by atoms with Crippen LogP contribution in [-0.2, 0) is 6.42 Å². The van der Waals surface area contributed by atoms with Crippen LogP contribution in [0, 0.1) is 17.8 Å². The van der Waals surface area contributed by atoms with Crippen LogP contribution in [-0.4, -0.2) is 9.82 Å². The first-order chi connectivity index (χ1) is 20.5. The van der Waals surface area contributed by atoms with Gasteiger partial charge in [-0.1, -0.05) is 99.7 Å². The molecule has 7 rings (SSSR count). The average Bonchev–Trinajstić information content (AvgIpc) is 3.33. The zero-order chi connectivity index (χ0) is 28.8. The lowest BCUT2D eigenvalue weighted by Gasteiger charge is -2.51.